The first-order valence-corrected chi connectivity index (χ1v) is 14.6. The van der Waals surface area contributed by atoms with Crippen LogP contribution in [0.2, 0.25) is 0 Å². The van der Waals surface area contributed by atoms with Gasteiger partial charge in [0.25, 0.3) is 0 Å². The van der Waals surface area contributed by atoms with Crippen LogP contribution < -0.4 is 20.1 Å². The summed E-state index contributed by atoms with van der Waals surface area (Å²) in [5.41, 5.74) is 4.15. The number of para-hydroxylation sites is 1. The van der Waals surface area contributed by atoms with Crippen molar-refractivity contribution in [2.75, 3.05) is 40.5 Å². The molecule has 0 radical (unpaired) electrons. The number of esters is 1. The maximum atomic E-state index is 12.1. The van der Waals surface area contributed by atoms with Crippen molar-refractivity contribution in [2.45, 2.75) is 38.0 Å². The lowest BCUT2D eigenvalue weighted by Gasteiger charge is -2.33. The van der Waals surface area contributed by atoms with Gasteiger partial charge in [0.2, 0.25) is 0 Å². The lowest BCUT2D eigenvalue weighted by atomic mass is 9.86. The minimum atomic E-state index is -0.312. The van der Waals surface area contributed by atoms with Gasteiger partial charge in [0.05, 0.1) is 39.6 Å². The highest BCUT2D eigenvalue weighted by atomic mass is 16.5. The zero-order valence-electron chi connectivity index (χ0n) is 24.4. The molecule has 0 amide bonds. The highest BCUT2D eigenvalue weighted by Crippen LogP contribution is 2.28. The average Bonchev–Trinajstić information content (AvgIpc) is 3.05. The first kappa shape index (κ1) is 29.6. The molecule has 2 atom stereocenters. The second kappa shape index (κ2) is 14.8. The van der Waals surface area contributed by atoms with E-state index in [2.05, 4.69) is 47.0 Å². The minimum absolute atomic E-state index is 0.308. The van der Waals surface area contributed by atoms with Crippen LogP contribution in [-0.4, -0.2) is 52.5 Å². The summed E-state index contributed by atoms with van der Waals surface area (Å²) in [4.78, 5) is 12.1. The van der Waals surface area contributed by atoms with Crippen LogP contribution in [-0.2, 0) is 22.6 Å². The molecule has 0 aromatic heterocycles. The molecule has 5 rings (SSSR count). The lowest BCUT2D eigenvalue weighted by Crippen LogP contribution is -2.47. The number of methoxy groups -OCH3 is 2. The van der Waals surface area contributed by atoms with Gasteiger partial charge in [-0.1, -0.05) is 54.6 Å². The molecule has 1 aliphatic rings. The standard InChI is InChI=1S/C35H40N2O5/c1-39-34-10-4-3-7-28(34)24-41-19-6-20-42-29-14-12-26(13-15-29)31-17-18-36-23-33(31)37-22-25-11-16-30-27(21-25)8-5-9-32(30)35(38)40-2/h3-5,7-16,21,31,33,36-37H,6,17-20,22-24H2,1-2H3. The van der Waals surface area contributed by atoms with Gasteiger partial charge in [-0.25, -0.2) is 4.79 Å². The third kappa shape index (κ3) is 7.48. The molecule has 220 valence electrons. The molecule has 1 saturated heterocycles. The fourth-order valence-corrected chi connectivity index (χ4v) is 5.62. The Bertz CT molecular complexity index is 1460. The topological polar surface area (TPSA) is 78.1 Å². The van der Waals surface area contributed by atoms with E-state index < -0.39 is 0 Å². The molecule has 0 spiro atoms. The summed E-state index contributed by atoms with van der Waals surface area (Å²) < 4.78 is 22.1. The Hall–Kier alpha value is -3.91. The van der Waals surface area contributed by atoms with Gasteiger partial charge >= 0.3 is 5.97 Å². The molecule has 0 aliphatic carbocycles. The van der Waals surface area contributed by atoms with Crippen molar-refractivity contribution in [1.29, 1.82) is 0 Å². The van der Waals surface area contributed by atoms with E-state index in [1.165, 1.54) is 18.2 Å². The predicted octanol–water partition coefficient (Wildman–Crippen LogP) is 5.86. The number of benzene rings is 4. The van der Waals surface area contributed by atoms with Gasteiger partial charge in [-0.3, -0.25) is 0 Å². The van der Waals surface area contributed by atoms with E-state index >= 15 is 0 Å². The second-order valence-electron chi connectivity index (χ2n) is 10.6. The first-order chi connectivity index (χ1) is 20.7. The molecule has 42 heavy (non-hydrogen) atoms. The number of rotatable bonds is 13. The number of hydrogen-bond acceptors (Lipinski definition) is 7. The van der Waals surface area contributed by atoms with Gasteiger partial charge in [-0.05, 0) is 65.2 Å². The Morgan fingerprint density at radius 2 is 1.81 bits per heavy atom. The van der Waals surface area contributed by atoms with Crippen LogP contribution in [0.5, 0.6) is 11.5 Å². The molecule has 1 fully saturated rings. The smallest absolute Gasteiger partial charge is 0.338 e. The van der Waals surface area contributed by atoms with Crippen LogP contribution in [0.3, 0.4) is 0 Å². The fourth-order valence-electron chi connectivity index (χ4n) is 5.62. The van der Waals surface area contributed by atoms with Gasteiger partial charge in [0.15, 0.2) is 0 Å². The Balaban J connectivity index is 1.10. The molecule has 1 aliphatic heterocycles. The SMILES string of the molecule is COC(=O)c1cccc2cc(CNC3CNCCC3c3ccc(OCCCOCc4ccccc4OC)cc3)ccc12. The van der Waals surface area contributed by atoms with Crippen molar-refractivity contribution in [3.63, 3.8) is 0 Å². The molecule has 0 saturated carbocycles. The number of piperidine rings is 1. The van der Waals surface area contributed by atoms with Crippen molar-refractivity contribution in [3.05, 3.63) is 107 Å². The van der Waals surface area contributed by atoms with Crippen LogP contribution in [0.4, 0.5) is 0 Å². The molecular weight excluding hydrogens is 528 g/mol. The summed E-state index contributed by atoms with van der Waals surface area (Å²) in [7, 11) is 3.09. The van der Waals surface area contributed by atoms with E-state index in [-0.39, 0.29) is 5.97 Å². The van der Waals surface area contributed by atoms with Crippen LogP contribution in [0.15, 0.2) is 84.9 Å². The van der Waals surface area contributed by atoms with E-state index in [4.69, 9.17) is 18.9 Å². The van der Waals surface area contributed by atoms with E-state index in [0.717, 1.165) is 60.3 Å². The van der Waals surface area contributed by atoms with Gasteiger partial charge in [-0.2, -0.15) is 0 Å². The quantitative estimate of drug-likeness (QED) is 0.155. The third-order valence-electron chi connectivity index (χ3n) is 7.86. The molecule has 0 bridgehead atoms. The van der Waals surface area contributed by atoms with Crippen LogP contribution in [0.1, 0.15) is 45.8 Å². The number of carbonyl (C=O) groups is 1. The summed E-state index contributed by atoms with van der Waals surface area (Å²) >= 11 is 0. The maximum Gasteiger partial charge on any atom is 0.338 e. The molecule has 1 heterocycles. The van der Waals surface area contributed by atoms with E-state index in [1.54, 1.807) is 13.2 Å². The number of hydrogen-bond donors (Lipinski definition) is 2. The van der Waals surface area contributed by atoms with Crippen LogP contribution in [0, 0.1) is 0 Å². The summed E-state index contributed by atoms with van der Waals surface area (Å²) in [6.45, 7) is 4.43. The zero-order chi connectivity index (χ0) is 29.1. The van der Waals surface area contributed by atoms with Crippen LogP contribution >= 0.6 is 0 Å². The monoisotopic (exact) mass is 568 g/mol. The van der Waals surface area contributed by atoms with Crippen molar-refractivity contribution in [3.8, 4) is 11.5 Å². The Labute approximate surface area is 248 Å². The summed E-state index contributed by atoms with van der Waals surface area (Å²) in [6, 6.07) is 28.8. The average molecular weight is 569 g/mol. The van der Waals surface area contributed by atoms with E-state index in [1.807, 2.05) is 42.5 Å². The molecule has 7 heteroatoms. The largest absolute Gasteiger partial charge is 0.496 e. The fraction of sp³-hybridized carbons (Fsp3) is 0.343. The predicted molar refractivity (Wildman–Crippen MR) is 165 cm³/mol. The number of ether oxygens (including phenoxy) is 4. The van der Waals surface area contributed by atoms with Gasteiger partial charge in [-0.15, -0.1) is 0 Å². The highest BCUT2D eigenvalue weighted by molar-refractivity contribution is 6.04. The second-order valence-corrected chi connectivity index (χ2v) is 10.6. The molecule has 7 nitrogen and oxygen atoms in total. The van der Waals surface area contributed by atoms with E-state index in [9.17, 15) is 4.79 Å². The minimum Gasteiger partial charge on any atom is -0.496 e. The summed E-state index contributed by atoms with van der Waals surface area (Å²) in [5, 5.41) is 9.27. The lowest BCUT2D eigenvalue weighted by molar-refractivity contribution is 0.0603. The molecule has 4 aromatic carbocycles. The molecule has 2 N–H and O–H groups in total. The molecule has 4 aromatic rings. The maximum absolute atomic E-state index is 12.1. The molecule has 2 unspecified atom stereocenters. The van der Waals surface area contributed by atoms with Crippen LogP contribution in [0.25, 0.3) is 10.8 Å². The van der Waals surface area contributed by atoms with Gasteiger partial charge < -0.3 is 29.6 Å². The third-order valence-corrected chi connectivity index (χ3v) is 7.86. The van der Waals surface area contributed by atoms with Crippen molar-refractivity contribution < 1.29 is 23.7 Å². The van der Waals surface area contributed by atoms with Crippen molar-refractivity contribution in [2.24, 2.45) is 0 Å². The number of nitrogens with one attached hydrogen (secondary N) is 2. The Kier molecular flexibility index (Phi) is 10.4. The van der Waals surface area contributed by atoms with E-state index in [0.29, 0.717) is 37.3 Å². The normalized spacial score (nSPS) is 16.7. The van der Waals surface area contributed by atoms with Gasteiger partial charge in [0.1, 0.15) is 11.5 Å². The molecular formula is C35H40N2O5. The van der Waals surface area contributed by atoms with Crippen molar-refractivity contribution >= 4 is 16.7 Å². The summed E-state index contributed by atoms with van der Waals surface area (Å²) in [6.07, 6.45) is 1.89. The number of carbonyl (C=O) groups excluding carboxylic acids is 1. The highest BCUT2D eigenvalue weighted by Gasteiger charge is 2.26. The first-order valence-electron chi connectivity index (χ1n) is 14.6. The van der Waals surface area contributed by atoms with Gasteiger partial charge in [0, 0.05) is 37.0 Å². The number of fused-ring (bicyclic) bond motifs is 1. The van der Waals surface area contributed by atoms with Crippen molar-refractivity contribution in [1.82, 2.24) is 10.6 Å². The summed E-state index contributed by atoms with van der Waals surface area (Å²) in [5.74, 6) is 1.83. The zero-order valence-corrected chi connectivity index (χ0v) is 24.4. The Morgan fingerprint density at radius 1 is 0.952 bits per heavy atom. The Morgan fingerprint density at radius 3 is 2.64 bits per heavy atom.